The van der Waals surface area contributed by atoms with E-state index in [2.05, 4.69) is 48.7 Å². The molecule has 1 saturated heterocycles. The van der Waals surface area contributed by atoms with Crippen LogP contribution in [0, 0.1) is 0 Å². The van der Waals surface area contributed by atoms with Gasteiger partial charge in [0.05, 0.1) is 0 Å². The normalized spacial score (nSPS) is 21.3. The Balaban J connectivity index is 1.93. The first-order chi connectivity index (χ1) is 7.75. The second kappa shape index (κ2) is 5.46. The summed E-state index contributed by atoms with van der Waals surface area (Å²) in [7, 11) is 0. The fourth-order valence-corrected chi connectivity index (χ4v) is 2.18. The molecule has 1 aliphatic rings. The van der Waals surface area contributed by atoms with Crippen molar-refractivity contribution in [2.24, 2.45) is 0 Å². The van der Waals surface area contributed by atoms with Crippen molar-refractivity contribution in [2.75, 3.05) is 19.6 Å². The molecule has 1 heterocycles. The molecule has 1 aliphatic heterocycles. The Kier molecular flexibility index (Phi) is 3.97. The van der Waals surface area contributed by atoms with Crippen molar-refractivity contribution in [3.8, 4) is 0 Å². The van der Waals surface area contributed by atoms with E-state index in [1.165, 1.54) is 11.1 Å². The van der Waals surface area contributed by atoms with E-state index < -0.39 is 0 Å². The Bertz CT molecular complexity index is 310. The van der Waals surface area contributed by atoms with E-state index >= 15 is 0 Å². The maximum Gasteiger partial charge on any atom is 0.0233 e. The van der Waals surface area contributed by atoms with E-state index in [4.69, 9.17) is 0 Å². The molecule has 2 nitrogen and oxygen atoms in total. The number of nitrogens with one attached hydrogen (secondary N) is 2. The molecule has 16 heavy (non-hydrogen) atoms. The van der Waals surface area contributed by atoms with Gasteiger partial charge in [0.25, 0.3) is 0 Å². The molecule has 1 aromatic carbocycles. The minimum atomic E-state index is 0.596. The molecule has 2 N–H and O–H groups in total. The third-order valence-corrected chi connectivity index (χ3v) is 3.25. The zero-order valence-corrected chi connectivity index (χ0v) is 10.3. The molecular weight excluding hydrogens is 196 g/mol. The maximum atomic E-state index is 3.54. The van der Waals surface area contributed by atoms with Crippen LogP contribution < -0.4 is 10.6 Å². The van der Waals surface area contributed by atoms with Gasteiger partial charge >= 0.3 is 0 Å². The van der Waals surface area contributed by atoms with Crippen molar-refractivity contribution in [3.05, 3.63) is 35.4 Å². The van der Waals surface area contributed by atoms with Gasteiger partial charge in [0.2, 0.25) is 0 Å². The highest BCUT2D eigenvalue weighted by Crippen LogP contribution is 2.15. The van der Waals surface area contributed by atoms with Gasteiger partial charge in [0.15, 0.2) is 0 Å². The van der Waals surface area contributed by atoms with Crippen LogP contribution in [0.25, 0.3) is 0 Å². The standard InChI is InChI=1S/C14H22N2/c1-11(2)13-5-3-12(4-6-13)9-14-10-15-7-8-16-14/h3-6,11,14-16H,7-10H2,1-2H3. The second-order valence-electron chi connectivity index (χ2n) is 4.96. The first-order valence-corrected chi connectivity index (χ1v) is 6.28. The van der Waals surface area contributed by atoms with Crippen molar-refractivity contribution < 1.29 is 0 Å². The van der Waals surface area contributed by atoms with Crippen molar-refractivity contribution in [3.63, 3.8) is 0 Å². The van der Waals surface area contributed by atoms with Crippen LogP contribution in [-0.2, 0) is 6.42 Å². The molecule has 1 unspecified atom stereocenters. The van der Waals surface area contributed by atoms with E-state index in [9.17, 15) is 0 Å². The highest BCUT2D eigenvalue weighted by Gasteiger charge is 2.12. The Morgan fingerprint density at radius 1 is 1.19 bits per heavy atom. The summed E-state index contributed by atoms with van der Waals surface area (Å²) in [6.45, 7) is 7.76. The summed E-state index contributed by atoms with van der Waals surface area (Å²) in [5, 5.41) is 6.96. The molecule has 0 saturated carbocycles. The van der Waals surface area contributed by atoms with Crippen molar-refractivity contribution >= 4 is 0 Å². The van der Waals surface area contributed by atoms with Crippen molar-refractivity contribution in [1.29, 1.82) is 0 Å². The lowest BCUT2D eigenvalue weighted by atomic mass is 9.99. The molecule has 1 atom stereocenters. The lowest BCUT2D eigenvalue weighted by molar-refractivity contribution is 0.416. The van der Waals surface area contributed by atoms with Gasteiger partial charge in [-0.05, 0) is 23.5 Å². The monoisotopic (exact) mass is 218 g/mol. The Morgan fingerprint density at radius 3 is 2.50 bits per heavy atom. The summed E-state index contributed by atoms with van der Waals surface area (Å²) in [5.41, 5.74) is 2.86. The van der Waals surface area contributed by atoms with Gasteiger partial charge in [0, 0.05) is 25.7 Å². The number of rotatable bonds is 3. The van der Waals surface area contributed by atoms with Crippen LogP contribution >= 0.6 is 0 Å². The van der Waals surface area contributed by atoms with E-state index in [-0.39, 0.29) is 0 Å². The van der Waals surface area contributed by atoms with Crippen molar-refractivity contribution in [1.82, 2.24) is 10.6 Å². The fourth-order valence-electron chi connectivity index (χ4n) is 2.18. The van der Waals surface area contributed by atoms with Crippen LogP contribution in [0.4, 0.5) is 0 Å². The molecule has 0 amide bonds. The van der Waals surface area contributed by atoms with E-state index in [0.717, 1.165) is 26.1 Å². The minimum absolute atomic E-state index is 0.596. The van der Waals surface area contributed by atoms with Crippen LogP contribution in [0.1, 0.15) is 30.9 Å². The topological polar surface area (TPSA) is 24.1 Å². The predicted octanol–water partition coefficient (Wildman–Crippen LogP) is 1.91. The summed E-state index contributed by atoms with van der Waals surface area (Å²) in [6.07, 6.45) is 1.13. The van der Waals surface area contributed by atoms with Gasteiger partial charge in [0.1, 0.15) is 0 Å². The molecule has 0 radical (unpaired) electrons. The van der Waals surface area contributed by atoms with Gasteiger partial charge in [-0.25, -0.2) is 0 Å². The van der Waals surface area contributed by atoms with Crippen LogP contribution in [-0.4, -0.2) is 25.7 Å². The van der Waals surface area contributed by atoms with E-state index in [1.807, 2.05) is 0 Å². The summed E-state index contributed by atoms with van der Waals surface area (Å²) in [5.74, 6) is 0.628. The molecule has 88 valence electrons. The van der Waals surface area contributed by atoms with Crippen LogP contribution in [0.3, 0.4) is 0 Å². The number of hydrogen-bond donors (Lipinski definition) is 2. The molecule has 2 heteroatoms. The molecule has 2 rings (SSSR count). The molecule has 1 fully saturated rings. The average molecular weight is 218 g/mol. The molecule has 0 aliphatic carbocycles. The largest absolute Gasteiger partial charge is 0.314 e. The van der Waals surface area contributed by atoms with Gasteiger partial charge in [-0.15, -0.1) is 0 Å². The van der Waals surface area contributed by atoms with Gasteiger partial charge in [-0.1, -0.05) is 38.1 Å². The molecule has 0 bridgehead atoms. The molecule has 1 aromatic rings. The zero-order chi connectivity index (χ0) is 11.4. The van der Waals surface area contributed by atoms with E-state index in [1.54, 1.807) is 0 Å². The summed E-state index contributed by atoms with van der Waals surface area (Å²) >= 11 is 0. The number of benzene rings is 1. The fraction of sp³-hybridized carbons (Fsp3) is 0.571. The first kappa shape index (κ1) is 11.6. The Hall–Kier alpha value is -0.860. The SMILES string of the molecule is CC(C)c1ccc(CC2CNCCN2)cc1. The highest BCUT2D eigenvalue weighted by atomic mass is 15.0. The third-order valence-electron chi connectivity index (χ3n) is 3.25. The molecule has 0 aromatic heterocycles. The lowest BCUT2D eigenvalue weighted by Crippen LogP contribution is -2.49. The van der Waals surface area contributed by atoms with Crippen LogP contribution in [0.15, 0.2) is 24.3 Å². The van der Waals surface area contributed by atoms with Crippen molar-refractivity contribution in [2.45, 2.75) is 32.2 Å². The smallest absolute Gasteiger partial charge is 0.0233 e. The quantitative estimate of drug-likeness (QED) is 0.810. The van der Waals surface area contributed by atoms with Gasteiger partial charge in [-0.3, -0.25) is 0 Å². The Labute approximate surface area is 98.4 Å². The number of piperazine rings is 1. The van der Waals surface area contributed by atoms with Crippen LogP contribution in [0.2, 0.25) is 0 Å². The average Bonchev–Trinajstić information content (AvgIpc) is 2.31. The van der Waals surface area contributed by atoms with E-state index in [0.29, 0.717) is 12.0 Å². The third kappa shape index (κ3) is 3.06. The van der Waals surface area contributed by atoms with Crippen LogP contribution in [0.5, 0.6) is 0 Å². The highest BCUT2D eigenvalue weighted by molar-refractivity contribution is 5.25. The summed E-state index contributed by atoms with van der Waals surface area (Å²) in [6, 6.07) is 9.66. The molecular formula is C14H22N2. The second-order valence-corrected chi connectivity index (χ2v) is 4.96. The Morgan fingerprint density at radius 2 is 1.94 bits per heavy atom. The lowest BCUT2D eigenvalue weighted by Gasteiger charge is -2.24. The molecule has 0 spiro atoms. The zero-order valence-electron chi connectivity index (χ0n) is 10.3. The van der Waals surface area contributed by atoms with Gasteiger partial charge in [-0.2, -0.15) is 0 Å². The maximum absolute atomic E-state index is 3.54. The summed E-state index contributed by atoms with van der Waals surface area (Å²) < 4.78 is 0. The first-order valence-electron chi connectivity index (χ1n) is 6.28. The minimum Gasteiger partial charge on any atom is -0.314 e. The van der Waals surface area contributed by atoms with Gasteiger partial charge < -0.3 is 10.6 Å². The summed E-state index contributed by atoms with van der Waals surface area (Å²) in [4.78, 5) is 0. The number of hydrogen-bond acceptors (Lipinski definition) is 2. The predicted molar refractivity (Wildman–Crippen MR) is 68.9 cm³/mol.